The number of hydrogen-bond donors (Lipinski definition) is 1. The summed E-state index contributed by atoms with van der Waals surface area (Å²) in [4.78, 5) is 14.4. The van der Waals surface area contributed by atoms with E-state index in [4.69, 9.17) is 0 Å². The average Bonchev–Trinajstić information content (AvgIpc) is 3.22. The Balaban J connectivity index is 1.83. The highest BCUT2D eigenvalue weighted by Crippen LogP contribution is 2.55. The van der Waals surface area contributed by atoms with E-state index in [0.29, 0.717) is 0 Å². The number of para-hydroxylation sites is 1. The number of anilines is 1. The van der Waals surface area contributed by atoms with Gasteiger partial charge in [-0.25, -0.2) is 4.79 Å². The molecule has 1 N–H and O–H groups in total. The molecular weight excluding hydrogens is 304 g/mol. The molecule has 2 heterocycles. The minimum Gasteiger partial charge on any atom is -0.307 e. The molecule has 1 atom stereocenters. The first-order valence-electron chi connectivity index (χ1n) is 8.24. The third-order valence-electron chi connectivity index (χ3n) is 5.30. The lowest BCUT2D eigenvalue weighted by Crippen LogP contribution is -2.50. The lowest BCUT2D eigenvalue weighted by Gasteiger charge is -2.44. The van der Waals surface area contributed by atoms with Gasteiger partial charge in [0.1, 0.15) is 4.87 Å². The van der Waals surface area contributed by atoms with Gasteiger partial charge in [0.25, 0.3) is 0 Å². The monoisotopic (exact) mass is 322 g/mol. The van der Waals surface area contributed by atoms with Crippen molar-refractivity contribution in [2.45, 2.75) is 24.1 Å². The highest BCUT2D eigenvalue weighted by Gasteiger charge is 2.52. The lowest BCUT2D eigenvalue weighted by atomic mass is 9.88. The molecule has 3 aliphatic rings. The zero-order valence-corrected chi connectivity index (χ0v) is 13.7. The molecule has 1 saturated heterocycles. The summed E-state index contributed by atoms with van der Waals surface area (Å²) in [6.45, 7) is 0.800. The minimum absolute atomic E-state index is 0.0318. The SMILES string of the molecule is O=C1Nc2ccccc2C2(c3cccc4c3CCC4)SCCN12. The van der Waals surface area contributed by atoms with Crippen molar-refractivity contribution in [3.63, 3.8) is 0 Å². The van der Waals surface area contributed by atoms with Crippen LogP contribution >= 0.6 is 11.8 Å². The maximum absolute atomic E-state index is 12.7. The van der Waals surface area contributed by atoms with Crippen molar-refractivity contribution in [3.8, 4) is 0 Å². The number of nitrogens with zero attached hydrogens (tertiary/aromatic N) is 1. The predicted octanol–water partition coefficient (Wildman–Crippen LogP) is 3.97. The standard InChI is InChI=1S/C19H18N2OS/c22-18-20-17-10-2-1-8-16(17)19(21(18)11-12-23-19)15-9-4-6-13-5-3-7-14(13)15/h1-2,4,6,8-10H,3,5,7,11-12H2,(H,20,22). The first-order chi connectivity index (χ1) is 11.3. The second kappa shape index (κ2) is 4.78. The molecule has 2 aromatic carbocycles. The molecule has 116 valence electrons. The summed E-state index contributed by atoms with van der Waals surface area (Å²) in [6.07, 6.45) is 3.52. The summed E-state index contributed by atoms with van der Waals surface area (Å²) in [6, 6.07) is 15.0. The fourth-order valence-electron chi connectivity index (χ4n) is 4.36. The van der Waals surface area contributed by atoms with E-state index in [9.17, 15) is 4.79 Å². The molecule has 23 heavy (non-hydrogen) atoms. The van der Waals surface area contributed by atoms with Gasteiger partial charge in [-0.05, 0) is 42.0 Å². The normalized spacial score (nSPS) is 24.9. The molecular formula is C19H18N2OS. The molecule has 2 amide bonds. The van der Waals surface area contributed by atoms with E-state index in [0.717, 1.165) is 30.8 Å². The quantitative estimate of drug-likeness (QED) is 0.861. The van der Waals surface area contributed by atoms with E-state index in [1.165, 1.54) is 28.7 Å². The summed E-state index contributed by atoms with van der Waals surface area (Å²) in [5, 5.41) is 3.07. The van der Waals surface area contributed by atoms with Crippen molar-refractivity contribution in [1.82, 2.24) is 4.90 Å². The highest BCUT2D eigenvalue weighted by molar-refractivity contribution is 8.00. The van der Waals surface area contributed by atoms with Crippen molar-refractivity contribution >= 4 is 23.5 Å². The Morgan fingerprint density at radius 2 is 1.91 bits per heavy atom. The molecule has 1 aliphatic carbocycles. The van der Waals surface area contributed by atoms with Crippen LogP contribution in [0.5, 0.6) is 0 Å². The van der Waals surface area contributed by atoms with Crippen LogP contribution < -0.4 is 5.32 Å². The summed E-state index contributed by atoms with van der Waals surface area (Å²) in [7, 11) is 0. The van der Waals surface area contributed by atoms with Gasteiger partial charge in [-0.2, -0.15) is 0 Å². The average molecular weight is 322 g/mol. The fraction of sp³-hybridized carbons (Fsp3) is 0.316. The summed E-state index contributed by atoms with van der Waals surface area (Å²) < 4.78 is 0. The van der Waals surface area contributed by atoms with Crippen LogP contribution in [-0.4, -0.2) is 23.2 Å². The fourth-order valence-corrected chi connectivity index (χ4v) is 5.94. The smallest absolute Gasteiger partial charge is 0.307 e. The van der Waals surface area contributed by atoms with Gasteiger partial charge in [-0.15, -0.1) is 11.8 Å². The Morgan fingerprint density at radius 3 is 2.87 bits per heavy atom. The molecule has 2 aromatic rings. The summed E-state index contributed by atoms with van der Waals surface area (Å²) >= 11 is 1.90. The van der Waals surface area contributed by atoms with Crippen LogP contribution in [0.15, 0.2) is 42.5 Å². The van der Waals surface area contributed by atoms with E-state index in [1.54, 1.807) is 0 Å². The maximum atomic E-state index is 12.7. The third kappa shape index (κ3) is 1.70. The molecule has 3 nitrogen and oxygen atoms in total. The largest absolute Gasteiger partial charge is 0.323 e. The topological polar surface area (TPSA) is 32.3 Å². The van der Waals surface area contributed by atoms with Gasteiger partial charge in [-0.3, -0.25) is 0 Å². The third-order valence-corrected chi connectivity index (χ3v) is 6.76. The van der Waals surface area contributed by atoms with Crippen molar-refractivity contribution in [2.24, 2.45) is 0 Å². The molecule has 0 saturated carbocycles. The van der Waals surface area contributed by atoms with E-state index < -0.39 is 0 Å². The number of nitrogens with one attached hydrogen (secondary N) is 1. The summed E-state index contributed by atoms with van der Waals surface area (Å²) in [5.41, 5.74) is 6.45. The summed E-state index contributed by atoms with van der Waals surface area (Å²) in [5.74, 6) is 0.978. The predicted molar refractivity (Wildman–Crippen MR) is 93.9 cm³/mol. The molecule has 1 fully saturated rings. The second-order valence-electron chi connectivity index (χ2n) is 6.42. The number of rotatable bonds is 1. The number of carbonyl (C=O) groups excluding carboxylic acids is 1. The van der Waals surface area contributed by atoms with Gasteiger partial charge in [0, 0.05) is 23.5 Å². The minimum atomic E-state index is -0.353. The van der Waals surface area contributed by atoms with Gasteiger partial charge in [-0.1, -0.05) is 36.4 Å². The van der Waals surface area contributed by atoms with Crippen LogP contribution in [-0.2, 0) is 17.7 Å². The Labute approximate surface area is 140 Å². The Kier molecular flexibility index (Phi) is 2.80. The van der Waals surface area contributed by atoms with Crippen LogP contribution in [0, 0.1) is 0 Å². The lowest BCUT2D eigenvalue weighted by molar-refractivity contribution is 0.195. The molecule has 0 bridgehead atoms. The second-order valence-corrected chi connectivity index (χ2v) is 7.70. The first-order valence-corrected chi connectivity index (χ1v) is 9.22. The van der Waals surface area contributed by atoms with Crippen molar-refractivity contribution in [3.05, 3.63) is 64.7 Å². The highest BCUT2D eigenvalue weighted by atomic mass is 32.2. The number of thioether (sulfide) groups is 1. The molecule has 2 aliphatic heterocycles. The zero-order chi connectivity index (χ0) is 15.4. The molecule has 0 spiro atoms. The molecule has 5 rings (SSSR count). The number of fused-ring (bicyclic) bond motifs is 4. The van der Waals surface area contributed by atoms with Crippen LogP contribution in [0.2, 0.25) is 0 Å². The van der Waals surface area contributed by atoms with Crippen molar-refractivity contribution < 1.29 is 4.79 Å². The number of benzene rings is 2. The van der Waals surface area contributed by atoms with Crippen LogP contribution in [0.3, 0.4) is 0 Å². The number of amides is 2. The maximum Gasteiger partial charge on any atom is 0.323 e. The Bertz CT molecular complexity index is 819. The molecule has 1 unspecified atom stereocenters. The number of hydrogen-bond acceptors (Lipinski definition) is 2. The molecule has 0 radical (unpaired) electrons. The van der Waals surface area contributed by atoms with Gasteiger partial charge in [0.2, 0.25) is 0 Å². The Hall–Kier alpha value is -1.94. The van der Waals surface area contributed by atoms with E-state index in [-0.39, 0.29) is 10.9 Å². The number of urea groups is 1. The van der Waals surface area contributed by atoms with E-state index in [1.807, 2.05) is 28.8 Å². The van der Waals surface area contributed by atoms with Crippen LogP contribution in [0.25, 0.3) is 0 Å². The number of aryl methyl sites for hydroxylation is 1. The molecule has 0 aromatic heterocycles. The van der Waals surface area contributed by atoms with Crippen LogP contribution in [0.4, 0.5) is 10.5 Å². The zero-order valence-electron chi connectivity index (χ0n) is 12.8. The van der Waals surface area contributed by atoms with Gasteiger partial charge in [0.05, 0.1) is 0 Å². The van der Waals surface area contributed by atoms with Crippen molar-refractivity contribution in [1.29, 1.82) is 0 Å². The van der Waals surface area contributed by atoms with Gasteiger partial charge in [0.15, 0.2) is 0 Å². The van der Waals surface area contributed by atoms with E-state index in [2.05, 4.69) is 35.6 Å². The number of carbonyl (C=O) groups is 1. The van der Waals surface area contributed by atoms with E-state index >= 15 is 0 Å². The van der Waals surface area contributed by atoms with Gasteiger partial charge < -0.3 is 10.2 Å². The first kappa shape index (κ1) is 13.5. The Morgan fingerprint density at radius 1 is 1.04 bits per heavy atom. The van der Waals surface area contributed by atoms with Gasteiger partial charge >= 0.3 is 6.03 Å². The van der Waals surface area contributed by atoms with Crippen molar-refractivity contribution in [2.75, 3.05) is 17.6 Å². The van der Waals surface area contributed by atoms with Crippen LogP contribution in [0.1, 0.15) is 28.7 Å². The molecule has 4 heteroatoms.